The summed E-state index contributed by atoms with van der Waals surface area (Å²) >= 11 is 0. The fraction of sp³-hybridized carbons (Fsp3) is 0.125. The van der Waals surface area contributed by atoms with Crippen LogP contribution < -0.4 is 5.84 Å². The van der Waals surface area contributed by atoms with Gasteiger partial charge in [-0.25, -0.2) is 4.98 Å². The molecule has 2 heterocycles. The number of nitrogens with two attached hydrogens (primary N) is 1. The summed E-state index contributed by atoms with van der Waals surface area (Å²) < 4.78 is 1.52. The van der Waals surface area contributed by atoms with Crippen molar-refractivity contribution in [3.05, 3.63) is 30.1 Å². The van der Waals surface area contributed by atoms with Gasteiger partial charge in [0.2, 0.25) is 0 Å². The van der Waals surface area contributed by atoms with Crippen molar-refractivity contribution in [2.24, 2.45) is 0 Å². The molecule has 0 saturated carbocycles. The predicted octanol–water partition coefficient (Wildman–Crippen LogP) is 1.06. The molecule has 0 unspecified atom stereocenters. The number of aromatic nitrogens is 2. The van der Waals surface area contributed by atoms with Crippen LogP contribution in [0.4, 0.5) is 0 Å². The van der Waals surface area contributed by atoms with Crippen molar-refractivity contribution in [2.45, 2.75) is 6.92 Å². The topological polar surface area (TPSA) is 43.8 Å². The summed E-state index contributed by atoms with van der Waals surface area (Å²) in [7, 11) is 0. The highest BCUT2D eigenvalue weighted by Crippen LogP contribution is 2.11. The first-order valence-electron chi connectivity index (χ1n) is 3.46. The normalized spacial score (nSPS) is 10.6. The average molecular weight is 147 g/mol. The van der Waals surface area contributed by atoms with Crippen molar-refractivity contribution in [1.82, 2.24) is 9.66 Å². The Hall–Kier alpha value is -1.51. The molecule has 56 valence electrons. The Kier molecular flexibility index (Phi) is 1.12. The van der Waals surface area contributed by atoms with Gasteiger partial charge in [0.05, 0.1) is 0 Å². The molecular formula is C8H9N3. The van der Waals surface area contributed by atoms with Gasteiger partial charge in [-0.3, -0.25) is 4.68 Å². The molecule has 0 spiro atoms. The fourth-order valence-corrected chi connectivity index (χ4v) is 1.15. The standard InChI is InChI=1S/C8H9N3/c1-6-4-7-2-3-11(9)8(7)10-5-6/h2-5H,9H2,1H3. The van der Waals surface area contributed by atoms with Crippen molar-refractivity contribution in [2.75, 3.05) is 5.84 Å². The van der Waals surface area contributed by atoms with Gasteiger partial charge in [-0.15, -0.1) is 0 Å². The molecule has 2 N–H and O–H groups in total. The molecule has 3 nitrogen and oxygen atoms in total. The van der Waals surface area contributed by atoms with Gasteiger partial charge in [0.15, 0.2) is 5.65 Å². The first-order chi connectivity index (χ1) is 5.27. The fourth-order valence-electron chi connectivity index (χ4n) is 1.15. The zero-order valence-electron chi connectivity index (χ0n) is 6.28. The summed E-state index contributed by atoms with van der Waals surface area (Å²) in [5.74, 6) is 5.58. The van der Waals surface area contributed by atoms with Crippen LogP contribution >= 0.6 is 0 Å². The number of nitrogen functional groups attached to an aromatic ring is 1. The molecule has 0 fully saturated rings. The van der Waals surface area contributed by atoms with Gasteiger partial charge in [-0.2, -0.15) is 0 Å². The van der Waals surface area contributed by atoms with Crippen LogP contribution in [0.2, 0.25) is 0 Å². The molecule has 0 amide bonds. The molecule has 3 heteroatoms. The number of pyridine rings is 1. The maximum absolute atomic E-state index is 5.58. The highest BCUT2D eigenvalue weighted by Gasteiger charge is 1.97. The maximum Gasteiger partial charge on any atom is 0.158 e. The van der Waals surface area contributed by atoms with Gasteiger partial charge in [0.1, 0.15) is 0 Å². The summed E-state index contributed by atoms with van der Waals surface area (Å²) in [5, 5.41) is 1.09. The van der Waals surface area contributed by atoms with E-state index in [1.807, 2.05) is 19.2 Å². The second-order valence-corrected chi connectivity index (χ2v) is 2.65. The first kappa shape index (κ1) is 6.22. The SMILES string of the molecule is Cc1cnc2c(ccn2N)c1. The van der Waals surface area contributed by atoms with Crippen LogP contribution in [0.25, 0.3) is 11.0 Å². The van der Waals surface area contributed by atoms with E-state index in [2.05, 4.69) is 11.1 Å². The highest BCUT2D eigenvalue weighted by molar-refractivity contribution is 5.76. The van der Waals surface area contributed by atoms with E-state index in [-0.39, 0.29) is 0 Å². The lowest BCUT2D eigenvalue weighted by Crippen LogP contribution is -2.05. The zero-order chi connectivity index (χ0) is 7.84. The van der Waals surface area contributed by atoms with Crippen molar-refractivity contribution in [3.8, 4) is 0 Å². The Bertz CT molecular complexity index is 389. The Balaban J connectivity index is 2.86. The molecule has 0 aliphatic rings. The van der Waals surface area contributed by atoms with E-state index in [4.69, 9.17) is 5.84 Å². The van der Waals surface area contributed by atoms with Crippen LogP contribution in [0.5, 0.6) is 0 Å². The Morgan fingerprint density at radius 1 is 1.55 bits per heavy atom. The third kappa shape index (κ3) is 0.852. The van der Waals surface area contributed by atoms with Gasteiger partial charge >= 0.3 is 0 Å². The van der Waals surface area contributed by atoms with E-state index in [0.29, 0.717) is 0 Å². The first-order valence-corrected chi connectivity index (χ1v) is 3.46. The number of aryl methyl sites for hydroxylation is 1. The predicted molar refractivity (Wildman–Crippen MR) is 44.6 cm³/mol. The average Bonchev–Trinajstić information content (AvgIpc) is 2.32. The molecule has 11 heavy (non-hydrogen) atoms. The monoisotopic (exact) mass is 147 g/mol. The number of hydrogen-bond acceptors (Lipinski definition) is 2. The number of nitrogens with zero attached hydrogens (tertiary/aromatic N) is 2. The minimum absolute atomic E-state index is 0.829. The van der Waals surface area contributed by atoms with Crippen molar-refractivity contribution < 1.29 is 0 Å². The smallest absolute Gasteiger partial charge is 0.158 e. The lowest BCUT2D eigenvalue weighted by atomic mass is 10.2. The van der Waals surface area contributed by atoms with Crippen LogP contribution in [-0.2, 0) is 0 Å². The van der Waals surface area contributed by atoms with E-state index < -0.39 is 0 Å². The van der Waals surface area contributed by atoms with Gasteiger partial charge in [-0.1, -0.05) is 0 Å². The van der Waals surface area contributed by atoms with Crippen LogP contribution in [0, 0.1) is 6.92 Å². The minimum atomic E-state index is 0.829. The third-order valence-corrected chi connectivity index (χ3v) is 1.69. The summed E-state index contributed by atoms with van der Waals surface area (Å²) in [6.45, 7) is 2.01. The molecule has 0 aromatic carbocycles. The summed E-state index contributed by atoms with van der Waals surface area (Å²) in [5.41, 5.74) is 1.99. The van der Waals surface area contributed by atoms with E-state index in [0.717, 1.165) is 16.6 Å². The van der Waals surface area contributed by atoms with Crippen LogP contribution in [0.3, 0.4) is 0 Å². The lowest BCUT2D eigenvalue weighted by molar-refractivity contribution is 1.04. The molecule has 2 aromatic rings. The quantitative estimate of drug-likeness (QED) is 0.566. The second-order valence-electron chi connectivity index (χ2n) is 2.65. The molecule has 2 aromatic heterocycles. The number of fused-ring (bicyclic) bond motifs is 1. The summed E-state index contributed by atoms with van der Waals surface area (Å²) in [6.07, 6.45) is 3.61. The maximum atomic E-state index is 5.58. The van der Waals surface area contributed by atoms with E-state index in [9.17, 15) is 0 Å². The minimum Gasteiger partial charge on any atom is -0.338 e. The largest absolute Gasteiger partial charge is 0.338 e. The number of rotatable bonds is 0. The van der Waals surface area contributed by atoms with Crippen molar-refractivity contribution in [1.29, 1.82) is 0 Å². The van der Waals surface area contributed by atoms with Gasteiger partial charge in [0, 0.05) is 17.8 Å². The van der Waals surface area contributed by atoms with Crippen LogP contribution in [-0.4, -0.2) is 9.66 Å². The van der Waals surface area contributed by atoms with Crippen molar-refractivity contribution in [3.63, 3.8) is 0 Å². The lowest BCUT2D eigenvalue weighted by Gasteiger charge is -1.94. The van der Waals surface area contributed by atoms with E-state index >= 15 is 0 Å². The van der Waals surface area contributed by atoms with Gasteiger partial charge in [0.25, 0.3) is 0 Å². The van der Waals surface area contributed by atoms with E-state index in [1.54, 1.807) is 6.20 Å². The van der Waals surface area contributed by atoms with Crippen LogP contribution in [0.1, 0.15) is 5.56 Å². The highest BCUT2D eigenvalue weighted by atomic mass is 15.3. The third-order valence-electron chi connectivity index (χ3n) is 1.69. The van der Waals surface area contributed by atoms with E-state index in [1.165, 1.54) is 4.68 Å². The van der Waals surface area contributed by atoms with Gasteiger partial charge in [-0.05, 0) is 24.6 Å². The summed E-state index contributed by atoms with van der Waals surface area (Å²) in [6, 6.07) is 4.01. The second kappa shape index (κ2) is 1.99. The molecule has 0 atom stereocenters. The molecule has 0 aliphatic heterocycles. The molecule has 0 aliphatic carbocycles. The Morgan fingerprint density at radius 2 is 2.36 bits per heavy atom. The van der Waals surface area contributed by atoms with Crippen LogP contribution in [0.15, 0.2) is 24.5 Å². The molecule has 0 bridgehead atoms. The summed E-state index contributed by atoms with van der Waals surface area (Å²) in [4.78, 5) is 4.18. The Morgan fingerprint density at radius 3 is 3.18 bits per heavy atom. The Labute approximate surface area is 64.4 Å². The zero-order valence-corrected chi connectivity index (χ0v) is 6.28. The van der Waals surface area contributed by atoms with Crippen molar-refractivity contribution >= 4 is 11.0 Å². The van der Waals surface area contributed by atoms with Gasteiger partial charge < -0.3 is 5.84 Å². The molecular weight excluding hydrogens is 138 g/mol. The molecule has 2 rings (SSSR count). The molecule has 0 saturated heterocycles. The number of hydrogen-bond donors (Lipinski definition) is 1. The molecule has 0 radical (unpaired) electrons.